The van der Waals surface area contributed by atoms with Gasteiger partial charge in [0.25, 0.3) is 0 Å². The molecule has 1 N–H and O–H groups in total. The highest BCUT2D eigenvalue weighted by atomic mass is 16.6. The molecule has 0 saturated heterocycles. The van der Waals surface area contributed by atoms with Gasteiger partial charge in [0.15, 0.2) is 11.5 Å². The van der Waals surface area contributed by atoms with Gasteiger partial charge in [-0.05, 0) is 36.1 Å². The number of nitrogens with one attached hydrogen (secondary N) is 1. The summed E-state index contributed by atoms with van der Waals surface area (Å²) in [4.78, 5) is 14.6. The van der Waals surface area contributed by atoms with E-state index in [4.69, 9.17) is 9.47 Å². The second kappa shape index (κ2) is 7.58. The molecule has 3 aromatic rings. The zero-order valence-corrected chi connectivity index (χ0v) is 15.3. The molecule has 0 spiro atoms. The van der Waals surface area contributed by atoms with Crippen molar-refractivity contribution < 1.29 is 14.3 Å². The minimum absolute atomic E-state index is 0.122. The summed E-state index contributed by atoms with van der Waals surface area (Å²) in [5.41, 5.74) is 1.83. The van der Waals surface area contributed by atoms with Gasteiger partial charge in [-0.25, -0.2) is 4.79 Å². The van der Waals surface area contributed by atoms with Crippen LogP contribution in [0.5, 0.6) is 11.5 Å². The standard InChI is InChI=1S/C22H22N2O3/c1-2-24(15-16-10-11-20-21(14-16)27-13-12-26-20)22(25)23-19-9-5-7-17-6-3-4-8-18(17)19/h3-11,14H,2,12-13,15H2,1H3,(H,23,25). The number of urea groups is 1. The van der Waals surface area contributed by atoms with E-state index in [2.05, 4.69) is 5.32 Å². The Balaban J connectivity index is 1.51. The first-order valence-electron chi connectivity index (χ1n) is 9.17. The number of fused-ring (bicyclic) bond motifs is 2. The van der Waals surface area contributed by atoms with E-state index in [0.717, 1.165) is 33.5 Å². The van der Waals surface area contributed by atoms with E-state index in [1.54, 1.807) is 4.90 Å². The maximum Gasteiger partial charge on any atom is 0.322 e. The molecule has 0 aromatic heterocycles. The van der Waals surface area contributed by atoms with Crippen molar-refractivity contribution in [1.82, 2.24) is 4.90 Å². The summed E-state index contributed by atoms with van der Waals surface area (Å²) in [6, 6.07) is 19.6. The molecule has 0 fully saturated rings. The lowest BCUT2D eigenvalue weighted by Crippen LogP contribution is -2.34. The van der Waals surface area contributed by atoms with E-state index < -0.39 is 0 Å². The lowest BCUT2D eigenvalue weighted by Gasteiger charge is -2.23. The number of carbonyl (C=O) groups is 1. The quantitative estimate of drug-likeness (QED) is 0.734. The van der Waals surface area contributed by atoms with Crippen LogP contribution in [0.1, 0.15) is 12.5 Å². The average molecular weight is 362 g/mol. The highest BCUT2D eigenvalue weighted by Gasteiger charge is 2.16. The molecule has 0 atom stereocenters. The van der Waals surface area contributed by atoms with E-state index in [-0.39, 0.29) is 6.03 Å². The van der Waals surface area contributed by atoms with Crippen LogP contribution in [0.3, 0.4) is 0 Å². The third-order valence-electron chi connectivity index (χ3n) is 4.68. The number of amides is 2. The van der Waals surface area contributed by atoms with Crippen LogP contribution in [-0.2, 0) is 6.54 Å². The van der Waals surface area contributed by atoms with Crippen molar-refractivity contribution in [1.29, 1.82) is 0 Å². The molecule has 3 aromatic carbocycles. The van der Waals surface area contributed by atoms with Crippen LogP contribution < -0.4 is 14.8 Å². The molecule has 138 valence electrons. The van der Waals surface area contributed by atoms with Gasteiger partial charge in [0.1, 0.15) is 13.2 Å². The van der Waals surface area contributed by atoms with E-state index in [1.807, 2.05) is 67.6 Å². The second-order valence-electron chi connectivity index (χ2n) is 6.45. The number of benzene rings is 3. The molecule has 0 bridgehead atoms. The van der Waals surface area contributed by atoms with Crippen molar-refractivity contribution in [2.45, 2.75) is 13.5 Å². The molecule has 5 nitrogen and oxygen atoms in total. The summed E-state index contributed by atoms with van der Waals surface area (Å²) in [7, 11) is 0. The number of hydrogen-bond acceptors (Lipinski definition) is 3. The molecule has 1 heterocycles. The fraction of sp³-hybridized carbons (Fsp3) is 0.227. The molecule has 5 heteroatoms. The van der Waals surface area contributed by atoms with Crippen molar-refractivity contribution in [2.24, 2.45) is 0 Å². The van der Waals surface area contributed by atoms with Gasteiger partial charge in [-0.1, -0.05) is 42.5 Å². The van der Waals surface area contributed by atoms with Crippen LogP contribution in [0.2, 0.25) is 0 Å². The predicted octanol–water partition coefficient (Wildman–Crippen LogP) is 4.67. The van der Waals surface area contributed by atoms with Gasteiger partial charge in [-0.3, -0.25) is 0 Å². The molecule has 27 heavy (non-hydrogen) atoms. The van der Waals surface area contributed by atoms with Crippen LogP contribution >= 0.6 is 0 Å². The number of hydrogen-bond donors (Lipinski definition) is 1. The zero-order valence-electron chi connectivity index (χ0n) is 15.3. The predicted molar refractivity (Wildman–Crippen MR) is 106 cm³/mol. The van der Waals surface area contributed by atoms with Crippen LogP contribution in [0.25, 0.3) is 10.8 Å². The normalized spacial score (nSPS) is 12.6. The highest BCUT2D eigenvalue weighted by Crippen LogP contribution is 2.31. The molecule has 1 aliphatic rings. The minimum Gasteiger partial charge on any atom is -0.486 e. The van der Waals surface area contributed by atoms with Gasteiger partial charge in [0, 0.05) is 18.5 Å². The Bertz CT molecular complexity index is 965. The third-order valence-corrected chi connectivity index (χ3v) is 4.68. The number of nitrogens with zero attached hydrogens (tertiary/aromatic N) is 1. The molecule has 4 rings (SSSR count). The fourth-order valence-electron chi connectivity index (χ4n) is 3.26. The molecule has 0 saturated carbocycles. The van der Waals surface area contributed by atoms with Crippen molar-refractivity contribution in [3.63, 3.8) is 0 Å². The first-order valence-corrected chi connectivity index (χ1v) is 9.17. The van der Waals surface area contributed by atoms with Gasteiger partial charge in [-0.15, -0.1) is 0 Å². The Morgan fingerprint density at radius 1 is 1.00 bits per heavy atom. The number of rotatable bonds is 4. The summed E-state index contributed by atoms with van der Waals surface area (Å²) in [6.07, 6.45) is 0. The summed E-state index contributed by atoms with van der Waals surface area (Å²) in [5.74, 6) is 1.50. The van der Waals surface area contributed by atoms with Crippen LogP contribution in [0.15, 0.2) is 60.7 Å². The molecule has 0 aliphatic carbocycles. The van der Waals surface area contributed by atoms with Gasteiger partial charge in [-0.2, -0.15) is 0 Å². The Morgan fingerprint density at radius 3 is 2.63 bits per heavy atom. The summed E-state index contributed by atoms with van der Waals surface area (Å²) < 4.78 is 11.2. The lowest BCUT2D eigenvalue weighted by molar-refractivity contribution is 0.171. The van der Waals surface area contributed by atoms with Crippen LogP contribution in [-0.4, -0.2) is 30.7 Å². The number of anilines is 1. The first-order chi connectivity index (χ1) is 13.2. The third kappa shape index (κ3) is 3.67. The summed E-state index contributed by atoms with van der Waals surface area (Å²) in [6.45, 7) is 4.20. The number of carbonyl (C=O) groups excluding carboxylic acids is 1. The summed E-state index contributed by atoms with van der Waals surface area (Å²) >= 11 is 0. The van der Waals surface area contributed by atoms with Gasteiger partial charge in [0.2, 0.25) is 0 Å². The maximum absolute atomic E-state index is 12.8. The van der Waals surface area contributed by atoms with Crippen molar-refractivity contribution in [3.8, 4) is 11.5 Å². The topological polar surface area (TPSA) is 50.8 Å². The Morgan fingerprint density at radius 2 is 1.78 bits per heavy atom. The van der Waals surface area contributed by atoms with Gasteiger partial charge in [0.05, 0.1) is 5.69 Å². The first kappa shape index (κ1) is 17.2. The van der Waals surface area contributed by atoms with Crippen molar-refractivity contribution in [3.05, 3.63) is 66.2 Å². The zero-order chi connectivity index (χ0) is 18.6. The van der Waals surface area contributed by atoms with Crippen molar-refractivity contribution >= 4 is 22.5 Å². The van der Waals surface area contributed by atoms with Crippen molar-refractivity contribution in [2.75, 3.05) is 25.1 Å². The van der Waals surface area contributed by atoms with E-state index in [0.29, 0.717) is 26.3 Å². The van der Waals surface area contributed by atoms with Crippen LogP contribution in [0, 0.1) is 0 Å². The molecule has 0 radical (unpaired) electrons. The largest absolute Gasteiger partial charge is 0.486 e. The van der Waals surface area contributed by atoms with E-state index in [1.165, 1.54) is 0 Å². The SMILES string of the molecule is CCN(Cc1ccc2c(c1)OCCO2)C(=O)Nc1cccc2ccccc12. The number of ether oxygens (including phenoxy) is 2. The Hall–Kier alpha value is -3.21. The smallest absolute Gasteiger partial charge is 0.322 e. The molecule has 2 amide bonds. The van der Waals surface area contributed by atoms with Gasteiger partial charge < -0.3 is 19.7 Å². The summed E-state index contributed by atoms with van der Waals surface area (Å²) in [5, 5.41) is 5.18. The van der Waals surface area contributed by atoms with Crippen LogP contribution in [0.4, 0.5) is 10.5 Å². The minimum atomic E-state index is -0.122. The van der Waals surface area contributed by atoms with E-state index >= 15 is 0 Å². The second-order valence-corrected chi connectivity index (χ2v) is 6.45. The Kier molecular flexibility index (Phi) is 4.83. The highest BCUT2D eigenvalue weighted by molar-refractivity contribution is 6.01. The average Bonchev–Trinajstić information content (AvgIpc) is 2.72. The lowest BCUT2D eigenvalue weighted by atomic mass is 10.1. The monoisotopic (exact) mass is 362 g/mol. The fourth-order valence-corrected chi connectivity index (χ4v) is 3.26. The molecule has 1 aliphatic heterocycles. The molecular formula is C22H22N2O3. The molecule has 0 unspecified atom stereocenters. The van der Waals surface area contributed by atoms with Gasteiger partial charge >= 0.3 is 6.03 Å². The van der Waals surface area contributed by atoms with E-state index in [9.17, 15) is 4.79 Å². The molecular weight excluding hydrogens is 340 g/mol. The maximum atomic E-state index is 12.8. The Labute approximate surface area is 158 Å².